The van der Waals surface area contributed by atoms with Gasteiger partial charge in [-0.3, -0.25) is 4.68 Å². The second kappa shape index (κ2) is 6.11. The van der Waals surface area contributed by atoms with E-state index >= 15 is 0 Å². The van der Waals surface area contributed by atoms with Crippen molar-refractivity contribution >= 4 is 23.5 Å². The summed E-state index contributed by atoms with van der Waals surface area (Å²) in [6, 6.07) is 9.10. The zero-order valence-electron chi connectivity index (χ0n) is 15.2. The summed E-state index contributed by atoms with van der Waals surface area (Å²) in [6.07, 6.45) is 0.509. The Bertz CT molecular complexity index is 989. The molecule has 1 aliphatic carbocycles. The summed E-state index contributed by atoms with van der Waals surface area (Å²) in [7, 11) is 19.5. The van der Waals surface area contributed by atoms with Crippen LogP contribution in [-0.2, 0) is 17.6 Å². The van der Waals surface area contributed by atoms with E-state index in [0.29, 0.717) is 22.8 Å². The van der Waals surface area contributed by atoms with E-state index in [9.17, 15) is 4.39 Å². The summed E-state index contributed by atoms with van der Waals surface area (Å²) in [5, 5.41) is 6.96. The SMILES string of the molecule is [B]C([B])([B])c1ccccc1C1(c2noc(-c3cc(C(C)F)n(C)n3)n2)CC1. The van der Waals surface area contributed by atoms with Crippen molar-refractivity contribution in [2.45, 2.75) is 36.5 Å². The smallest absolute Gasteiger partial charge is 0.278 e. The lowest BCUT2D eigenvalue weighted by atomic mass is 9.39. The van der Waals surface area contributed by atoms with E-state index in [1.165, 1.54) is 11.6 Å². The Hall–Kier alpha value is -2.31. The van der Waals surface area contributed by atoms with Crippen LogP contribution in [0.15, 0.2) is 34.9 Å². The van der Waals surface area contributed by atoms with Crippen molar-refractivity contribution in [3.05, 3.63) is 53.0 Å². The Morgan fingerprint density at radius 3 is 2.56 bits per heavy atom. The van der Waals surface area contributed by atoms with E-state index in [0.717, 1.165) is 18.4 Å². The summed E-state index contributed by atoms with van der Waals surface area (Å²) in [6.45, 7) is 1.45. The van der Waals surface area contributed by atoms with E-state index in [2.05, 4.69) is 15.2 Å². The van der Waals surface area contributed by atoms with Gasteiger partial charge in [0, 0.05) is 7.05 Å². The van der Waals surface area contributed by atoms with E-state index in [1.807, 2.05) is 24.3 Å². The van der Waals surface area contributed by atoms with Crippen molar-refractivity contribution in [1.82, 2.24) is 19.9 Å². The van der Waals surface area contributed by atoms with Crippen LogP contribution in [-0.4, -0.2) is 43.5 Å². The third kappa shape index (κ3) is 3.03. The molecular weight excluding hydrogens is 340 g/mol. The van der Waals surface area contributed by atoms with E-state index in [4.69, 9.17) is 28.1 Å². The first-order valence-electron chi connectivity index (χ1n) is 8.71. The number of aromatic nitrogens is 4. The Kier molecular flexibility index (Phi) is 4.09. The van der Waals surface area contributed by atoms with Crippen LogP contribution < -0.4 is 0 Å². The van der Waals surface area contributed by atoms with Gasteiger partial charge in [0.2, 0.25) is 0 Å². The first kappa shape index (κ1) is 18.1. The van der Waals surface area contributed by atoms with Crippen LogP contribution in [0.25, 0.3) is 11.6 Å². The molecule has 1 unspecified atom stereocenters. The predicted octanol–water partition coefficient (Wildman–Crippen LogP) is 2.20. The number of benzene rings is 1. The van der Waals surface area contributed by atoms with Crippen LogP contribution in [0, 0.1) is 0 Å². The van der Waals surface area contributed by atoms with Crippen LogP contribution in [0.4, 0.5) is 4.39 Å². The molecule has 0 amide bonds. The zero-order chi connectivity index (χ0) is 19.4. The summed E-state index contributed by atoms with van der Waals surface area (Å²) in [5.41, 5.74) is 1.97. The quantitative estimate of drug-likeness (QED) is 0.658. The number of halogens is 1. The molecule has 1 saturated carbocycles. The fourth-order valence-corrected chi connectivity index (χ4v) is 3.50. The zero-order valence-corrected chi connectivity index (χ0v) is 15.2. The van der Waals surface area contributed by atoms with Crippen LogP contribution >= 0.6 is 0 Å². The van der Waals surface area contributed by atoms with Gasteiger partial charge >= 0.3 is 0 Å². The average Bonchev–Trinajstić information content (AvgIpc) is 3.08. The van der Waals surface area contributed by atoms with Crippen molar-refractivity contribution in [3.8, 4) is 11.6 Å². The molecule has 1 fully saturated rings. The Morgan fingerprint density at radius 1 is 1.26 bits per heavy atom. The van der Waals surface area contributed by atoms with Crippen LogP contribution in [0.2, 0.25) is 0 Å². The summed E-state index contributed by atoms with van der Waals surface area (Å²) < 4.78 is 20.5. The second-order valence-corrected chi connectivity index (χ2v) is 7.18. The van der Waals surface area contributed by atoms with Crippen molar-refractivity contribution < 1.29 is 8.91 Å². The van der Waals surface area contributed by atoms with Gasteiger partial charge in [0.15, 0.2) is 11.5 Å². The molecule has 0 bridgehead atoms. The molecule has 0 N–H and O–H groups in total. The maximum absolute atomic E-state index is 13.6. The van der Waals surface area contributed by atoms with Gasteiger partial charge in [-0.05, 0) is 31.4 Å². The molecule has 5 nitrogen and oxygen atoms in total. The van der Waals surface area contributed by atoms with Crippen molar-refractivity contribution in [2.24, 2.45) is 7.05 Å². The summed E-state index contributed by atoms with van der Waals surface area (Å²) in [5.74, 6) is 0.769. The van der Waals surface area contributed by atoms with Crippen molar-refractivity contribution in [2.75, 3.05) is 0 Å². The van der Waals surface area contributed by atoms with Gasteiger partial charge in [-0.1, -0.05) is 35.0 Å². The first-order valence-corrected chi connectivity index (χ1v) is 8.71. The number of hydrogen-bond acceptors (Lipinski definition) is 4. The lowest BCUT2D eigenvalue weighted by Gasteiger charge is -2.27. The van der Waals surface area contributed by atoms with E-state index in [1.54, 1.807) is 13.1 Å². The Balaban J connectivity index is 1.73. The number of hydrogen-bond donors (Lipinski definition) is 0. The average molecular weight is 356 g/mol. The summed E-state index contributed by atoms with van der Waals surface area (Å²) in [4.78, 5) is 4.53. The molecule has 2 aromatic heterocycles. The van der Waals surface area contributed by atoms with E-state index in [-0.39, 0.29) is 5.89 Å². The Morgan fingerprint density at radius 2 is 1.96 bits per heavy atom. The molecule has 1 aliphatic rings. The topological polar surface area (TPSA) is 56.7 Å². The third-order valence-electron chi connectivity index (χ3n) is 5.06. The van der Waals surface area contributed by atoms with Crippen LogP contribution in [0.3, 0.4) is 0 Å². The van der Waals surface area contributed by atoms with Gasteiger partial charge in [0.25, 0.3) is 5.89 Å². The minimum Gasteiger partial charge on any atom is -0.332 e. The molecule has 9 heteroatoms. The molecule has 6 radical (unpaired) electrons. The van der Waals surface area contributed by atoms with Gasteiger partial charge in [-0.2, -0.15) is 10.1 Å². The minimum absolute atomic E-state index is 0.246. The highest BCUT2D eigenvalue weighted by molar-refractivity contribution is 6.59. The third-order valence-corrected chi connectivity index (χ3v) is 5.06. The van der Waals surface area contributed by atoms with Crippen molar-refractivity contribution in [1.29, 1.82) is 0 Å². The maximum Gasteiger partial charge on any atom is 0.278 e. The molecular formula is C18H16B3FN4O. The molecule has 0 saturated heterocycles. The lowest BCUT2D eigenvalue weighted by Crippen LogP contribution is -2.30. The molecule has 2 heterocycles. The molecule has 1 aromatic carbocycles. The normalized spacial score (nSPS) is 17.0. The molecule has 1 atom stereocenters. The van der Waals surface area contributed by atoms with E-state index < -0.39 is 16.7 Å². The van der Waals surface area contributed by atoms with Gasteiger partial charge in [-0.25, -0.2) is 4.39 Å². The molecule has 3 aromatic rings. The largest absolute Gasteiger partial charge is 0.332 e. The first-order chi connectivity index (χ1) is 12.7. The monoisotopic (exact) mass is 356 g/mol. The van der Waals surface area contributed by atoms with Gasteiger partial charge in [0.1, 0.15) is 6.17 Å². The lowest BCUT2D eigenvalue weighted by molar-refractivity contribution is 0.353. The number of nitrogens with zero attached hydrogens (tertiary/aromatic N) is 4. The molecule has 4 rings (SSSR count). The Labute approximate surface area is 161 Å². The standard InChI is InChI=1S/C18H16B3FN4O/c1-10(22)14-9-13(24-26(14)2)15-23-16(25-27-15)17(7-8-17)11-5-3-4-6-12(11)18(19,20)21/h3-6,9-10H,7-8H2,1-2H3. The second-order valence-electron chi connectivity index (χ2n) is 7.18. The molecule has 0 aliphatic heterocycles. The highest BCUT2D eigenvalue weighted by atomic mass is 19.1. The maximum atomic E-state index is 13.6. The summed E-state index contributed by atoms with van der Waals surface area (Å²) >= 11 is 0. The molecule has 27 heavy (non-hydrogen) atoms. The van der Waals surface area contributed by atoms with Gasteiger partial charge in [0.05, 0.1) is 34.6 Å². The molecule has 130 valence electrons. The van der Waals surface area contributed by atoms with Crippen molar-refractivity contribution in [3.63, 3.8) is 0 Å². The van der Waals surface area contributed by atoms with Gasteiger partial charge < -0.3 is 4.52 Å². The number of rotatable bonds is 5. The predicted molar refractivity (Wildman–Crippen MR) is 101 cm³/mol. The highest BCUT2D eigenvalue weighted by Crippen LogP contribution is 2.54. The number of aryl methyl sites for hydroxylation is 1. The van der Waals surface area contributed by atoms with Crippen LogP contribution in [0.5, 0.6) is 0 Å². The fourth-order valence-electron chi connectivity index (χ4n) is 3.50. The minimum atomic E-state index is -1.47. The fraction of sp³-hybridized carbons (Fsp3) is 0.389. The molecule has 0 spiro atoms. The van der Waals surface area contributed by atoms with Gasteiger partial charge in [-0.15, -0.1) is 5.11 Å². The highest BCUT2D eigenvalue weighted by Gasteiger charge is 2.51. The number of alkyl halides is 1. The van der Waals surface area contributed by atoms with Crippen LogP contribution in [0.1, 0.15) is 48.6 Å².